The highest BCUT2D eigenvalue weighted by molar-refractivity contribution is 5.46. The van der Waals surface area contributed by atoms with E-state index in [1.54, 1.807) is 0 Å². The van der Waals surface area contributed by atoms with Gasteiger partial charge in [0.05, 0.1) is 6.54 Å². The summed E-state index contributed by atoms with van der Waals surface area (Å²) >= 11 is 0. The number of hydrogen-bond donors (Lipinski definition) is 2. The lowest BCUT2D eigenvalue weighted by Crippen LogP contribution is -2.44. The van der Waals surface area contributed by atoms with E-state index in [4.69, 9.17) is 0 Å². The number of hydrogen-bond acceptors (Lipinski definition) is 5. The number of fused-ring (bicyclic) bond motifs is 1. The average Bonchev–Trinajstić information content (AvgIpc) is 3.63. The first-order valence-corrected chi connectivity index (χ1v) is 13.6. The summed E-state index contributed by atoms with van der Waals surface area (Å²) in [5.41, 5.74) is 2.25. The Bertz CT molecular complexity index is 1370. The standard InChI is InChI=1S/C31H33F2N5O/c32-26-8-11-29(30(33)15-26)31(39,19-38-21-34-20-35-38)18-37-16-24-13-28(14-25(24)17-37)36-27-9-6-23(7-10-27)12-22-4-2-1-3-5-22/h1-11,15,20-21,24-25,28,36,39H,12-14,16-19H2/t24-,25+,28?,31?. The Balaban J connectivity index is 1.07. The molecule has 0 bridgehead atoms. The van der Waals surface area contributed by atoms with E-state index in [9.17, 15) is 13.9 Å². The van der Waals surface area contributed by atoms with Gasteiger partial charge in [-0.15, -0.1) is 0 Å². The van der Waals surface area contributed by atoms with E-state index in [1.807, 2.05) is 6.07 Å². The van der Waals surface area contributed by atoms with Crippen LogP contribution in [0.5, 0.6) is 0 Å². The van der Waals surface area contributed by atoms with Crippen molar-refractivity contribution in [3.8, 4) is 0 Å². The maximum absolute atomic E-state index is 14.8. The van der Waals surface area contributed by atoms with Crippen LogP contribution < -0.4 is 5.32 Å². The number of likely N-dealkylation sites (tertiary alicyclic amines) is 1. The predicted octanol–water partition coefficient (Wildman–Crippen LogP) is 4.86. The lowest BCUT2D eigenvalue weighted by molar-refractivity contribution is -0.0180. The molecule has 8 heteroatoms. The van der Waals surface area contributed by atoms with Gasteiger partial charge in [0.2, 0.25) is 0 Å². The molecule has 4 atom stereocenters. The van der Waals surface area contributed by atoms with E-state index < -0.39 is 17.2 Å². The molecule has 2 aliphatic rings. The van der Waals surface area contributed by atoms with E-state index in [2.05, 4.69) is 68.8 Å². The molecule has 3 aromatic carbocycles. The minimum absolute atomic E-state index is 0.0336. The van der Waals surface area contributed by atoms with Crippen molar-refractivity contribution in [2.75, 3.05) is 25.0 Å². The molecule has 1 saturated carbocycles. The molecule has 202 valence electrons. The Morgan fingerprint density at radius 1 is 0.897 bits per heavy atom. The van der Waals surface area contributed by atoms with Crippen LogP contribution in [-0.4, -0.2) is 50.4 Å². The largest absolute Gasteiger partial charge is 0.382 e. The van der Waals surface area contributed by atoms with Gasteiger partial charge in [-0.05, 0) is 60.4 Å². The van der Waals surface area contributed by atoms with Crippen LogP contribution in [0.3, 0.4) is 0 Å². The maximum atomic E-state index is 14.8. The number of benzene rings is 3. The Labute approximate surface area is 227 Å². The highest BCUT2D eigenvalue weighted by atomic mass is 19.1. The lowest BCUT2D eigenvalue weighted by Gasteiger charge is -2.33. The molecule has 0 amide bonds. The van der Waals surface area contributed by atoms with Crippen LogP contribution in [0.1, 0.15) is 29.5 Å². The fraction of sp³-hybridized carbons (Fsp3) is 0.355. The van der Waals surface area contributed by atoms with Crippen LogP contribution in [-0.2, 0) is 18.6 Å². The van der Waals surface area contributed by atoms with E-state index in [0.717, 1.165) is 44.1 Å². The van der Waals surface area contributed by atoms with Crippen LogP contribution in [0.15, 0.2) is 85.5 Å². The summed E-state index contributed by atoms with van der Waals surface area (Å²) in [6.45, 7) is 1.94. The monoisotopic (exact) mass is 529 g/mol. The van der Waals surface area contributed by atoms with Crippen molar-refractivity contribution >= 4 is 5.69 Å². The molecule has 2 N–H and O–H groups in total. The minimum atomic E-state index is -1.57. The van der Waals surface area contributed by atoms with Crippen molar-refractivity contribution in [1.82, 2.24) is 19.7 Å². The molecule has 6 nitrogen and oxygen atoms in total. The second-order valence-electron chi connectivity index (χ2n) is 11.1. The fourth-order valence-electron chi connectivity index (χ4n) is 6.47. The molecule has 0 spiro atoms. The first kappa shape index (κ1) is 25.6. The Morgan fingerprint density at radius 2 is 1.62 bits per heavy atom. The fourth-order valence-corrected chi connectivity index (χ4v) is 6.47. The summed E-state index contributed by atoms with van der Waals surface area (Å²) in [5, 5.41) is 19.5. The zero-order chi connectivity index (χ0) is 26.8. The Hall–Kier alpha value is -3.62. The highest BCUT2D eigenvalue weighted by Gasteiger charge is 2.44. The normalized spacial score (nSPS) is 22.5. The predicted molar refractivity (Wildman–Crippen MR) is 146 cm³/mol. The number of nitrogens with zero attached hydrogens (tertiary/aromatic N) is 4. The van der Waals surface area contributed by atoms with Gasteiger partial charge in [-0.25, -0.2) is 18.4 Å². The van der Waals surface area contributed by atoms with Gasteiger partial charge in [0, 0.05) is 43.0 Å². The molecule has 1 aliphatic carbocycles. The number of β-amino-alcohol motifs (C(OH)–C–C–N with tert-alkyl or cyclic N) is 1. The van der Waals surface area contributed by atoms with E-state index in [-0.39, 0.29) is 18.7 Å². The third kappa shape index (κ3) is 5.87. The molecule has 2 heterocycles. The zero-order valence-electron chi connectivity index (χ0n) is 21.8. The van der Waals surface area contributed by atoms with Gasteiger partial charge >= 0.3 is 0 Å². The number of aliphatic hydroxyl groups is 1. The van der Waals surface area contributed by atoms with Crippen molar-refractivity contribution in [2.24, 2.45) is 11.8 Å². The summed E-state index contributed by atoms with van der Waals surface area (Å²) in [4.78, 5) is 6.16. The lowest BCUT2D eigenvalue weighted by atomic mass is 9.92. The van der Waals surface area contributed by atoms with Gasteiger partial charge in [-0.3, -0.25) is 4.90 Å². The van der Waals surface area contributed by atoms with Gasteiger partial charge < -0.3 is 10.4 Å². The zero-order valence-corrected chi connectivity index (χ0v) is 21.8. The van der Waals surface area contributed by atoms with E-state index >= 15 is 0 Å². The summed E-state index contributed by atoms with van der Waals surface area (Å²) < 4.78 is 29.9. The van der Waals surface area contributed by atoms with Crippen LogP contribution in [0.4, 0.5) is 14.5 Å². The Morgan fingerprint density at radius 3 is 2.28 bits per heavy atom. The molecule has 2 unspecified atom stereocenters. The highest BCUT2D eigenvalue weighted by Crippen LogP contribution is 2.41. The molecule has 4 aromatic rings. The van der Waals surface area contributed by atoms with Gasteiger partial charge in [-0.1, -0.05) is 48.5 Å². The summed E-state index contributed by atoms with van der Waals surface area (Å²) in [6.07, 6.45) is 5.91. The molecule has 2 fully saturated rings. The van der Waals surface area contributed by atoms with Gasteiger partial charge in [0.1, 0.15) is 29.9 Å². The number of aromatic nitrogens is 3. The molecular formula is C31H33F2N5O. The Kier molecular flexibility index (Phi) is 7.14. The van der Waals surface area contributed by atoms with Crippen molar-refractivity contribution in [1.29, 1.82) is 0 Å². The maximum Gasteiger partial charge on any atom is 0.137 e. The van der Waals surface area contributed by atoms with E-state index in [0.29, 0.717) is 17.9 Å². The molecule has 0 radical (unpaired) electrons. The van der Waals surface area contributed by atoms with Crippen molar-refractivity contribution in [3.63, 3.8) is 0 Å². The number of nitrogens with one attached hydrogen (secondary N) is 1. The molecule has 1 aromatic heterocycles. The van der Waals surface area contributed by atoms with Gasteiger partial charge in [0.25, 0.3) is 0 Å². The van der Waals surface area contributed by atoms with Crippen LogP contribution in [0.2, 0.25) is 0 Å². The smallest absolute Gasteiger partial charge is 0.137 e. The van der Waals surface area contributed by atoms with E-state index in [1.165, 1.54) is 40.6 Å². The number of rotatable bonds is 9. The number of anilines is 1. The van der Waals surface area contributed by atoms with Gasteiger partial charge in [-0.2, -0.15) is 5.10 Å². The summed E-state index contributed by atoms with van der Waals surface area (Å²) in [7, 11) is 0. The second-order valence-corrected chi connectivity index (χ2v) is 11.1. The first-order chi connectivity index (χ1) is 18.9. The molecular weight excluding hydrogens is 496 g/mol. The third-order valence-electron chi connectivity index (χ3n) is 8.21. The third-order valence-corrected chi connectivity index (χ3v) is 8.21. The molecule has 6 rings (SSSR count). The van der Waals surface area contributed by atoms with Crippen molar-refractivity contribution in [3.05, 3.63) is 114 Å². The van der Waals surface area contributed by atoms with Crippen molar-refractivity contribution in [2.45, 2.75) is 37.5 Å². The van der Waals surface area contributed by atoms with Crippen molar-refractivity contribution < 1.29 is 13.9 Å². The quantitative estimate of drug-likeness (QED) is 0.324. The molecule has 1 saturated heterocycles. The SMILES string of the molecule is OC(CN1C[C@H]2CC(Nc3ccc(Cc4ccccc4)cc3)C[C@H]2C1)(Cn1cncn1)c1ccc(F)cc1F. The average molecular weight is 530 g/mol. The first-order valence-electron chi connectivity index (χ1n) is 13.6. The molecule has 39 heavy (non-hydrogen) atoms. The molecule has 1 aliphatic heterocycles. The second kappa shape index (κ2) is 10.9. The van der Waals surface area contributed by atoms with Crippen LogP contribution in [0.25, 0.3) is 0 Å². The van der Waals surface area contributed by atoms with Crippen LogP contribution >= 0.6 is 0 Å². The minimum Gasteiger partial charge on any atom is -0.382 e. The number of halogens is 2. The summed E-state index contributed by atoms with van der Waals surface area (Å²) in [5.74, 6) is -0.405. The summed E-state index contributed by atoms with van der Waals surface area (Å²) in [6, 6.07) is 23.0. The van der Waals surface area contributed by atoms with Crippen LogP contribution in [0, 0.1) is 23.5 Å². The van der Waals surface area contributed by atoms with Gasteiger partial charge in [0.15, 0.2) is 0 Å². The topological polar surface area (TPSA) is 66.2 Å².